The molecule has 1 aromatic carbocycles. The minimum atomic E-state index is -1.03. The standard InChI is InChI=1S/C12H13AsF3NO2/c13-10-8(15)5-7(14)9(11(10)16)6-1-3-17(4-2-6)12(18)19/h5-6H,1-4,13H2,(H,18,19). The van der Waals surface area contributed by atoms with Crippen LogP contribution in [0.5, 0.6) is 0 Å². The predicted molar refractivity (Wildman–Crippen MR) is 66.1 cm³/mol. The van der Waals surface area contributed by atoms with Crippen molar-refractivity contribution in [3.05, 3.63) is 29.1 Å². The van der Waals surface area contributed by atoms with E-state index >= 15 is 0 Å². The van der Waals surface area contributed by atoms with Gasteiger partial charge in [0, 0.05) is 0 Å². The van der Waals surface area contributed by atoms with Gasteiger partial charge in [-0.15, -0.1) is 0 Å². The normalized spacial score (nSPS) is 16.7. The Labute approximate surface area is 116 Å². The molecule has 1 unspecified atom stereocenters. The van der Waals surface area contributed by atoms with Crippen molar-refractivity contribution in [3.8, 4) is 0 Å². The molecule has 1 N–H and O–H groups in total. The average Bonchev–Trinajstić information content (AvgIpc) is 2.37. The fraction of sp³-hybridized carbons (Fsp3) is 0.417. The number of benzene rings is 1. The van der Waals surface area contributed by atoms with Gasteiger partial charge in [0.15, 0.2) is 0 Å². The van der Waals surface area contributed by atoms with Crippen molar-refractivity contribution in [2.24, 2.45) is 0 Å². The second-order valence-electron chi connectivity index (χ2n) is 4.53. The Morgan fingerprint density at radius 3 is 2.37 bits per heavy atom. The molecule has 0 aliphatic carbocycles. The molecule has 7 heteroatoms. The molecule has 1 saturated heterocycles. The SMILES string of the molecule is O=C(O)N1CCC(c2c(F)cc(F)c([AsH2])c2F)CC1. The van der Waals surface area contributed by atoms with Crippen LogP contribution >= 0.6 is 0 Å². The summed E-state index contributed by atoms with van der Waals surface area (Å²) in [6, 6.07) is 0.707. The summed E-state index contributed by atoms with van der Waals surface area (Å²) in [6.07, 6.45) is -0.339. The van der Waals surface area contributed by atoms with E-state index in [2.05, 4.69) is 0 Å². The molecule has 1 aliphatic rings. The predicted octanol–water partition coefficient (Wildman–Crippen LogP) is 1.22. The topological polar surface area (TPSA) is 40.5 Å². The average molecular weight is 335 g/mol. The van der Waals surface area contributed by atoms with Crippen molar-refractivity contribution >= 4 is 27.3 Å². The van der Waals surface area contributed by atoms with Crippen LogP contribution in [-0.4, -0.2) is 46.0 Å². The minimum absolute atomic E-state index is 0.106. The number of nitrogens with zero attached hydrogens (tertiary/aromatic N) is 1. The van der Waals surface area contributed by atoms with Crippen LogP contribution in [0.15, 0.2) is 6.07 Å². The first-order valence-electron chi connectivity index (χ1n) is 5.82. The van der Waals surface area contributed by atoms with Crippen molar-refractivity contribution in [1.82, 2.24) is 4.90 Å². The number of carboxylic acid groups (broad SMARTS) is 1. The number of rotatable bonds is 1. The van der Waals surface area contributed by atoms with E-state index in [1.165, 1.54) is 4.90 Å². The van der Waals surface area contributed by atoms with E-state index < -0.39 is 29.5 Å². The zero-order valence-electron chi connectivity index (χ0n) is 10.00. The molecule has 2 rings (SSSR count). The van der Waals surface area contributed by atoms with Gasteiger partial charge < -0.3 is 0 Å². The number of amides is 1. The summed E-state index contributed by atoms with van der Waals surface area (Å²) >= 11 is 0.770. The zero-order chi connectivity index (χ0) is 14.2. The zero-order valence-corrected chi connectivity index (χ0v) is 12.4. The Kier molecular flexibility index (Phi) is 4.09. The van der Waals surface area contributed by atoms with Crippen LogP contribution in [0.1, 0.15) is 24.3 Å². The molecule has 0 aromatic heterocycles. The van der Waals surface area contributed by atoms with Gasteiger partial charge in [-0.1, -0.05) is 0 Å². The van der Waals surface area contributed by atoms with Gasteiger partial charge in [0.05, 0.1) is 0 Å². The Bertz CT molecular complexity index is 516. The van der Waals surface area contributed by atoms with Crippen LogP contribution in [0.4, 0.5) is 18.0 Å². The number of hydrogen-bond acceptors (Lipinski definition) is 1. The van der Waals surface area contributed by atoms with Crippen LogP contribution in [0.3, 0.4) is 0 Å². The third-order valence-corrected chi connectivity index (χ3v) is 4.53. The molecule has 1 aliphatic heterocycles. The van der Waals surface area contributed by atoms with Crippen LogP contribution in [0, 0.1) is 17.5 Å². The molecule has 0 bridgehead atoms. The van der Waals surface area contributed by atoms with Crippen molar-refractivity contribution in [1.29, 1.82) is 0 Å². The van der Waals surface area contributed by atoms with Crippen molar-refractivity contribution < 1.29 is 23.1 Å². The molecule has 3 nitrogen and oxygen atoms in total. The summed E-state index contributed by atoms with van der Waals surface area (Å²) in [4.78, 5) is 12.0. The van der Waals surface area contributed by atoms with Crippen molar-refractivity contribution in [2.45, 2.75) is 18.8 Å². The Balaban J connectivity index is 2.25. The Hall–Kier alpha value is -1.16. The Morgan fingerprint density at radius 1 is 1.26 bits per heavy atom. The molecular weight excluding hydrogens is 322 g/mol. The van der Waals surface area contributed by atoms with Crippen LogP contribution in [-0.2, 0) is 0 Å². The number of halogens is 3. The molecule has 1 atom stereocenters. The second kappa shape index (κ2) is 5.45. The molecule has 1 fully saturated rings. The maximum absolute atomic E-state index is 14.0. The summed E-state index contributed by atoms with van der Waals surface area (Å²) in [6.45, 7) is 0.473. The summed E-state index contributed by atoms with van der Waals surface area (Å²) in [5.41, 5.74) is -0.106. The molecule has 1 aromatic rings. The van der Waals surface area contributed by atoms with Gasteiger partial charge in [-0.05, 0) is 0 Å². The van der Waals surface area contributed by atoms with Crippen LogP contribution < -0.4 is 4.35 Å². The number of hydrogen-bond donors (Lipinski definition) is 1. The van der Waals surface area contributed by atoms with Gasteiger partial charge in [-0.3, -0.25) is 0 Å². The number of likely N-dealkylation sites (tertiary alicyclic amines) is 1. The molecule has 1 amide bonds. The van der Waals surface area contributed by atoms with E-state index in [9.17, 15) is 18.0 Å². The third kappa shape index (κ3) is 2.73. The first-order chi connectivity index (χ1) is 8.91. The Morgan fingerprint density at radius 2 is 1.84 bits per heavy atom. The summed E-state index contributed by atoms with van der Waals surface area (Å²) in [5.74, 6) is -2.98. The van der Waals surface area contributed by atoms with E-state index in [1.807, 2.05) is 0 Å². The number of carbonyl (C=O) groups is 1. The van der Waals surface area contributed by atoms with E-state index in [4.69, 9.17) is 5.11 Å². The van der Waals surface area contributed by atoms with Crippen LogP contribution in [0.2, 0.25) is 0 Å². The first-order valence-corrected chi connectivity index (χ1v) is 7.03. The number of piperidine rings is 1. The van der Waals surface area contributed by atoms with Gasteiger partial charge in [-0.2, -0.15) is 0 Å². The van der Waals surface area contributed by atoms with Gasteiger partial charge in [0.2, 0.25) is 0 Å². The van der Waals surface area contributed by atoms with E-state index in [0.717, 1.165) is 16.9 Å². The monoisotopic (exact) mass is 335 g/mol. The van der Waals surface area contributed by atoms with Gasteiger partial charge >= 0.3 is 116 Å². The van der Waals surface area contributed by atoms with E-state index in [1.54, 1.807) is 0 Å². The van der Waals surface area contributed by atoms with Crippen molar-refractivity contribution in [3.63, 3.8) is 0 Å². The molecule has 19 heavy (non-hydrogen) atoms. The molecule has 0 saturated carbocycles. The molecule has 0 radical (unpaired) electrons. The molecule has 104 valence electrons. The summed E-state index contributed by atoms with van der Waals surface area (Å²) in [5, 5.41) is 8.82. The second-order valence-corrected chi connectivity index (χ2v) is 5.74. The molecular formula is C12H13AsF3NO2. The van der Waals surface area contributed by atoms with Gasteiger partial charge in [-0.25, -0.2) is 0 Å². The summed E-state index contributed by atoms with van der Waals surface area (Å²) in [7, 11) is 0. The maximum atomic E-state index is 14.0. The quantitative estimate of drug-likeness (QED) is 0.784. The van der Waals surface area contributed by atoms with Crippen molar-refractivity contribution in [2.75, 3.05) is 13.1 Å². The fourth-order valence-corrected chi connectivity index (χ4v) is 2.86. The van der Waals surface area contributed by atoms with E-state index in [-0.39, 0.29) is 23.0 Å². The van der Waals surface area contributed by atoms with Gasteiger partial charge in [0.25, 0.3) is 0 Å². The van der Waals surface area contributed by atoms with Gasteiger partial charge in [0.1, 0.15) is 0 Å². The fourth-order valence-electron chi connectivity index (χ4n) is 2.36. The summed E-state index contributed by atoms with van der Waals surface area (Å²) < 4.78 is 40.8. The van der Waals surface area contributed by atoms with E-state index in [0.29, 0.717) is 18.9 Å². The first kappa shape index (κ1) is 14.3. The molecule has 0 spiro atoms. The third-order valence-electron chi connectivity index (χ3n) is 3.41. The van der Waals surface area contributed by atoms with Crippen LogP contribution in [0.25, 0.3) is 0 Å². The molecule has 1 heterocycles.